The second-order valence-corrected chi connectivity index (χ2v) is 3.75. The molecular formula is C6H7NO3S2. The van der Waals surface area contributed by atoms with Crippen molar-refractivity contribution >= 4 is 40.7 Å². The molecule has 1 amide bonds. The summed E-state index contributed by atoms with van der Waals surface area (Å²) in [7, 11) is 0. The van der Waals surface area contributed by atoms with Crippen LogP contribution < -0.4 is 0 Å². The molecule has 0 spiro atoms. The zero-order valence-corrected chi connectivity index (χ0v) is 7.78. The van der Waals surface area contributed by atoms with Crippen molar-refractivity contribution in [3.63, 3.8) is 0 Å². The van der Waals surface area contributed by atoms with Crippen LogP contribution in [0.5, 0.6) is 0 Å². The number of carboxylic acid groups (broad SMARTS) is 1. The number of thiocarbonyl (C=S) groups is 1. The van der Waals surface area contributed by atoms with E-state index in [1.165, 1.54) is 16.7 Å². The van der Waals surface area contributed by atoms with Gasteiger partial charge in [0.1, 0.15) is 4.86 Å². The molecule has 0 radical (unpaired) electrons. The molecule has 6 heteroatoms. The number of rotatable bonds is 3. The van der Waals surface area contributed by atoms with Gasteiger partial charge < -0.3 is 10.0 Å². The van der Waals surface area contributed by atoms with Crippen molar-refractivity contribution in [2.45, 2.75) is 0 Å². The van der Waals surface area contributed by atoms with E-state index in [1.54, 1.807) is 0 Å². The highest BCUT2D eigenvalue weighted by Gasteiger charge is 2.23. The van der Waals surface area contributed by atoms with Crippen molar-refractivity contribution in [3.8, 4) is 0 Å². The van der Waals surface area contributed by atoms with Crippen LogP contribution in [0.3, 0.4) is 0 Å². The van der Waals surface area contributed by atoms with E-state index in [4.69, 9.17) is 5.11 Å². The number of aliphatic carboxylic acids is 1. The molecule has 1 aliphatic heterocycles. The van der Waals surface area contributed by atoms with Crippen LogP contribution in [0.1, 0.15) is 0 Å². The fourth-order valence-electron chi connectivity index (χ4n) is 0.781. The first-order chi connectivity index (χ1) is 5.61. The predicted octanol–water partition coefficient (Wildman–Crippen LogP) is -0.0262. The predicted molar refractivity (Wildman–Crippen MR) is 49.3 cm³/mol. The molecule has 0 atom stereocenters. The van der Waals surface area contributed by atoms with Gasteiger partial charge in [-0.1, -0.05) is 12.2 Å². The molecule has 0 aromatic carbocycles. The van der Waals surface area contributed by atoms with Crippen LogP contribution >= 0.6 is 24.0 Å². The Hall–Kier alpha value is -0.620. The molecule has 1 rings (SSSR count). The summed E-state index contributed by atoms with van der Waals surface area (Å²) in [6.45, 7) is 0.0660. The Kier molecular flexibility index (Phi) is 3.05. The summed E-state index contributed by atoms with van der Waals surface area (Å²) in [5.74, 6) is -0.174. The summed E-state index contributed by atoms with van der Waals surface area (Å²) in [6.07, 6.45) is 0. The van der Waals surface area contributed by atoms with Crippen LogP contribution in [0.25, 0.3) is 0 Å². The Morgan fingerprint density at radius 2 is 2.42 bits per heavy atom. The lowest BCUT2D eigenvalue weighted by Gasteiger charge is -2.12. The van der Waals surface area contributed by atoms with Crippen molar-refractivity contribution in [2.75, 3.05) is 18.2 Å². The molecular weight excluding hydrogens is 198 g/mol. The number of thioether (sulfide) groups is 1. The lowest BCUT2D eigenvalue weighted by Crippen LogP contribution is -2.33. The van der Waals surface area contributed by atoms with Gasteiger partial charge in [-0.2, -0.15) is 0 Å². The third-order valence-corrected chi connectivity index (χ3v) is 2.65. The van der Waals surface area contributed by atoms with E-state index in [0.29, 0.717) is 11.6 Å². The Bertz CT molecular complexity index is 241. The smallest absolute Gasteiger partial charge is 0.344 e. The number of carboxylic acids is 1. The zero-order chi connectivity index (χ0) is 9.14. The fourth-order valence-corrected chi connectivity index (χ4v) is 1.84. The van der Waals surface area contributed by atoms with Crippen molar-refractivity contribution in [1.82, 2.24) is 4.90 Å². The van der Waals surface area contributed by atoms with Gasteiger partial charge in [-0.3, -0.25) is 4.79 Å². The van der Waals surface area contributed by atoms with E-state index in [2.05, 4.69) is 12.2 Å². The minimum Gasteiger partial charge on any atom is -0.477 e. The molecule has 1 N–H and O–H groups in total. The maximum Gasteiger partial charge on any atom is 0.344 e. The number of hydrogen-bond acceptors (Lipinski definition) is 4. The van der Waals surface area contributed by atoms with Gasteiger partial charge in [0.15, 0.2) is 0 Å². The third kappa shape index (κ3) is 2.18. The maximum atomic E-state index is 11.0. The van der Waals surface area contributed by atoms with E-state index in [0.717, 1.165) is 0 Å². The highest BCUT2D eigenvalue weighted by Crippen LogP contribution is 2.14. The first-order valence-corrected chi connectivity index (χ1v) is 4.79. The number of nitrogens with zero attached hydrogens (tertiary/aromatic N) is 1. The van der Waals surface area contributed by atoms with Gasteiger partial charge in [-0.25, -0.2) is 4.79 Å². The van der Waals surface area contributed by atoms with Crippen LogP contribution in [-0.2, 0) is 9.59 Å². The molecule has 0 aromatic heterocycles. The topological polar surface area (TPSA) is 57.6 Å². The quantitative estimate of drug-likeness (QED) is 0.656. The number of carbonyl (C=O) groups excluding carboxylic acids is 1. The maximum absolute atomic E-state index is 11.0. The van der Waals surface area contributed by atoms with Gasteiger partial charge in [-0.05, 0) is 0 Å². The molecule has 1 fully saturated rings. The summed E-state index contributed by atoms with van der Waals surface area (Å²) < 4.78 is 0. The third-order valence-electron chi connectivity index (χ3n) is 1.40. The number of amides is 1. The molecule has 66 valence electrons. The van der Waals surface area contributed by atoms with Gasteiger partial charge in [0.05, 0.1) is 18.2 Å². The molecule has 1 saturated heterocycles. The summed E-state index contributed by atoms with van der Waals surface area (Å²) in [5.41, 5.74) is 0. The van der Waals surface area contributed by atoms with E-state index in [9.17, 15) is 9.59 Å². The van der Waals surface area contributed by atoms with E-state index in [1.807, 2.05) is 0 Å². The summed E-state index contributed by atoms with van der Waals surface area (Å²) in [5, 5.41) is 8.44. The van der Waals surface area contributed by atoms with Crippen LogP contribution in [0.2, 0.25) is 0 Å². The Morgan fingerprint density at radius 3 is 2.83 bits per heavy atom. The van der Waals surface area contributed by atoms with Crippen molar-refractivity contribution in [3.05, 3.63) is 0 Å². The molecule has 1 aliphatic rings. The molecule has 0 aliphatic carbocycles. The van der Waals surface area contributed by atoms with E-state index in [-0.39, 0.29) is 17.3 Å². The van der Waals surface area contributed by atoms with Gasteiger partial charge in [-0.15, -0.1) is 11.8 Å². The minimum absolute atomic E-state index is 0.0383. The summed E-state index contributed by atoms with van der Waals surface area (Å²) >= 11 is 6.03. The number of hydrogen-bond donors (Lipinski definition) is 1. The lowest BCUT2D eigenvalue weighted by atomic mass is 10.4. The monoisotopic (exact) mass is 205 g/mol. The number of carbonyl (C=O) groups is 2. The molecule has 4 nitrogen and oxygen atoms in total. The van der Waals surface area contributed by atoms with Crippen LogP contribution in [0, 0.1) is 0 Å². The SMILES string of the molecule is O=C(O)C(=S)CN1CSCC1=O. The van der Waals surface area contributed by atoms with Crippen molar-refractivity contribution < 1.29 is 14.7 Å². The lowest BCUT2D eigenvalue weighted by molar-refractivity contribution is -0.129. The second-order valence-electron chi connectivity index (χ2n) is 2.30. The standard InChI is InChI=1S/C6H7NO3S2/c8-5-2-12-3-7(5)1-4(11)6(9)10/h1-3H2,(H,9,10). The molecule has 0 aromatic rings. The van der Waals surface area contributed by atoms with Crippen LogP contribution in [0.4, 0.5) is 0 Å². The van der Waals surface area contributed by atoms with Gasteiger partial charge in [0, 0.05) is 0 Å². The zero-order valence-electron chi connectivity index (χ0n) is 6.15. The molecule has 1 heterocycles. The molecule has 0 saturated carbocycles. The minimum atomic E-state index is -1.12. The Morgan fingerprint density at radius 1 is 1.75 bits per heavy atom. The van der Waals surface area contributed by atoms with Crippen molar-refractivity contribution in [2.24, 2.45) is 0 Å². The Balaban J connectivity index is 2.46. The normalized spacial score (nSPS) is 16.7. The summed E-state index contributed by atoms with van der Waals surface area (Å²) in [6, 6.07) is 0. The average molecular weight is 205 g/mol. The van der Waals surface area contributed by atoms with Crippen molar-refractivity contribution in [1.29, 1.82) is 0 Å². The molecule has 0 bridgehead atoms. The van der Waals surface area contributed by atoms with Crippen LogP contribution in [-0.4, -0.2) is 44.9 Å². The van der Waals surface area contributed by atoms with E-state index >= 15 is 0 Å². The summed E-state index contributed by atoms with van der Waals surface area (Å²) in [4.78, 5) is 22.6. The van der Waals surface area contributed by atoms with Gasteiger partial charge in [0.2, 0.25) is 5.91 Å². The second kappa shape index (κ2) is 3.86. The van der Waals surface area contributed by atoms with E-state index < -0.39 is 5.97 Å². The molecule has 0 unspecified atom stereocenters. The largest absolute Gasteiger partial charge is 0.477 e. The highest BCUT2D eigenvalue weighted by molar-refractivity contribution is 8.00. The average Bonchev–Trinajstić information content (AvgIpc) is 2.36. The molecule has 12 heavy (non-hydrogen) atoms. The van der Waals surface area contributed by atoms with Gasteiger partial charge in [0.25, 0.3) is 0 Å². The first kappa shape index (κ1) is 9.47. The van der Waals surface area contributed by atoms with Gasteiger partial charge >= 0.3 is 5.97 Å². The highest BCUT2D eigenvalue weighted by atomic mass is 32.2. The Labute approximate surface area is 78.9 Å². The van der Waals surface area contributed by atoms with Crippen LogP contribution in [0.15, 0.2) is 0 Å². The fraction of sp³-hybridized carbons (Fsp3) is 0.500. The first-order valence-electron chi connectivity index (χ1n) is 3.23.